The molecular formula is C22H25IN4O2S. The van der Waals surface area contributed by atoms with Crippen LogP contribution in [-0.2, 0) is 11.3 Å². The van der Waals surface area contributed by atoms with Gasteiger partial charge in [-0.2, -0.15) is 0 Å². The van der Waals surface area contributed by atoms with Crippen molar-refractivity contribution in [3.8, 4) is 5.75 Å². The van der Waals surface area contributed by atoms with E-state index < -0.39 is 0 Å². The van der Waals surface area contributed by atoms with Gasteiger partial charge in [-0.3, -0.25) is 4.79 Å². The molecule has 3 rings (SSSR count). The van der Waals surface area contributed by atoms with E-state index in [0.717, 1.165) is 32.0 Å². The van der Waals surface area contributed by atoms with Crippen molar-refractivity contribution >= 4 is 45.9 Å². The van der Waals surface area contributed by atoms with Crippen LogP contribution in [0.3, 0.4) is 0 Å². The molecule has 1 atom stereocenters. The summed E-state index contributed by atoms with van der Waals surface area (Å²) < 4.78 is 9.14. The molecule has 0 saturated carbocycles. The molecule has 2 aromatic carbocycles. The number of halogens is 1. The van der Waals surface area contributed by atoms with Crippen molar-refractivity contribution in [2.24, 2.45) is 0 Å². The molecule has 1 amide bonds. The number of nitrogens with zero attached hydrogens (tertiary/aromatic N) is 3. The standard InChI is InChI=1S/C22H25IN4O2S/c1-5-27-21(16(4)29-18-9-7-6-8-10-18)25-26-22(27)30-13-19(28)24-20-14(2)11-17(23)12-15(20)3/h6-12,16H,5,13H2,1-4H3,(H,24,28)/t16-/m1/s1. The number of anilines is 1. The summed E-state index contributed by atoms with van der Waals surface area (Å²) in [7, 11) is 0. The van der Waals surface area contributed by atoms with Gasteiger partial charge < -0.3 is 14.6 Å². The molecule has 8 heteroatoms. The highest BCUT2D eigenvalue weighted by atomic mass is 127. The van der Waals surface area contributed by atoms with Crippen molar-refractivity contribution in [2.45, 2.75) is 45.5 Å². The highest BCUT2D eigenvalue weighted by molar-refractivity contribution is 14.1. The second-order valence-corrected chi connectivity index (χ2v) is 9.10. The van der Waals surface area contributed by atoms with Crippen molar-refractivity contribution in [1.82, 2.24) is 14.8 Å². The van der Waals surface area contributed by atoms with Gasteiger partial charge in [0.2, 0.25) is 5.91 Å². The van der Waals surface area contributed by atoms with Gasteiger partial charge in [-0.25, -0.2) is 0 Å². The molecular weight excluding hydrogens is 511 g/mol. The lowest BCUT2D eigenvalue weighted by Gasteiger charge is -2.15. The minimum absolute atomic E-state index is 0.0619. The molecule has 6 nitrogen and oxygen atoms in total. The third-order valence-electron chi connectivity index (χ3n) is 4.58. The first-order chi connectivity index (χ1) is 14.4. The number of aryl methyl sites for hydroxylation is 2. The summed E-state index contributed by atoms with van der Waals surface area (Å²) in [6.45, 7) is 8.69. The Bertz CT molecular complexity index is 1000. The third kappa shape index (κ3) is 5.54. The van der Waals surface area contributed by atoms with Gasteiger partial charge in [0.15, 0.2) is 17.1 Å². The number of thioether (sulfide) groups is 1. The minimum Gasteiger partial charge on any atom is -0.483 e. The molecule has 30 heavy (non-hydrogen) atoms. The zero-order chi connectivity index (χ0) is 21.7. The Kier molecular flexibility index (Phi) is 7.76. The normalized spacial score (nSPS) is 11.9. The largest absolute Gasteiger partial charge is 0.483 e. The van der Waals surface area contributed by atoms with Gasteiger partial charge in [-0.15, -0.1) is 10.2 Å². The average molecular weight is 536 g/mol. The van der Waals surface area contributed by atoms with Crippen molar-refractivity contribution in [1.29, 1.82) is 0 Å². The van der Waals surface area contributed by atoms with E-state index >= 15 is 0 Å². The molecule has 158 valence electrons. The molecule has 1 aromatic heterocycles. The van der Waals surface area contributed by atoms with Crippen LogP contribution in [0, 0.1) is 17.4 Å². The first-order valence-corrected chi connectivity index (χ1v) is 11.8. The van der Waals surface area contributed by atoms with E-state index in [4.69, 9.17) is 4.74 Å². The quantitative estimate of drug-likeness (QED) is 0.309. The fourth-order valence-electron chi connectivity index (χ4n) is 3.17. The highest BCUT2D eigenvalue weighted by Gasteiger charge is 2.19. The summed E-state index contributed by atoms with van der Waals surface area (Å²) in [5.41, 5.74) is 3.00. The van der Waals surface area contributed by atoms with E-state index in [0.29, 0.717) is 11.7 Å². The number of aromatic nitrogens is 3. The number of amides is 1. The molecule has 0 fully saturated rings. The number of carbonyl (C=O) groups excluding carboxylic acids is 1. The number of hydrogen-bond donors (Lipinski definition) is 1. The smallest absolute Gasteiger partial charge is 0.234 e. The van der Waals surface area contributed by atoms with Crippen molar-refractivity contribution in [2.75, 3.05) is 11.1 Å². The topological polar surface area (TPSA) is 69.0 Å². The first kappa shape index (κ1) is 22.6. The maximum atomic E-state index is 12.5. The Hall–Kier alpha value is -2.07. The van der Waals surface area contributed by atoms with E-state index in [1.54, 1.807) is 0 Å². The van der Waals surface area contributed by atoms with Crippen molar-refractivity contribution < 1.29 is 9.53 Å². The van der Waals surface area contributed by atoms with E-state index in [-0.39, 0.29) is 17.8 Å². The molecule has 0 spiro atoms. The fourth-order valence-corrected chi connectivity index (χ4v) is 4.92. The number of benzene rings is 2. The SMILES string of the molecule is CCn1c(SCC(=O)Nc2c(C)cc(I)cc2C)nnc1[C@@H](C)Oc1ccccc1. The van der Waals surface area contributed by atoms with Gasteiger partial charge in [0.05, 0.1) is 5.75 Å². The summed E-state index contributed by atoms with van der Waals surface area (Å²) in [6.07, 6.45) is -0.250. The third-order valence-corrected chi connectivity index (χ3v) is 6.17. The monoisotopic (exact) mass is 536 g/mol. The summed E-state index contributed by atoms with van der Waals surface area (Å²) in [6, 6.07) is 13.8. The molecule has 0 radical (unpaired) electrons. The molecule has 0 bridgehead atoms. The number of para-hydroxylation sites is 1. The molecule has 1 N–H and O–H groups in total. The molecule has 0 aliphatic heterocycles. The van der Waals surface area contributed by atoms with Crippen LogP contribution in [0.4, 0.5) is 5.69 Å². The van der Waals surface area contributed by atoms with Crippen LogP contribution in [0.15, 0.2) is 47.6 Å². The zero-order valence-electron chi connectivity index (χ0n) is 17.5. The zero-order valence-corrected chi connectivity index (χ0v) is 20.5. The lowest BCUT2D eigenvalue weighted by Crippen LogP contribution is -2.17. The molecule has 0 aliphatic rings. The maximum absolute atomic E-state index is 12.5. The molecule has 0 saturated heterocycles. The van der Waals surface area contributed by atoms with Gasteiger partial charge in [0, 0.05) is 15.8 Å². The lowest BCUT2D eigenvalue weighted by molar-refractivity contribution is -0.113. The van der Waals surface area contributed by atoms with Crippen LogP contribution in [0.1, 0.15) is 36.9 Å². The Morgan fingerprint density at radius 3 is 2.50 bits per heavy atom. The maximum Gasteiger partial charge on any atom is 0.234 e. The van der Waals surface area contributed by atoms with E-state index in [1.807, 2.05) is 62.6 Å². The highest BCUT2D eigenvalue weighted by Crippen LogP contribution is 2.26. The predicted molar refractivity (Wildman–Crippen MR) is 129 cm³/mol. The summed E-state index contributed by atoms with van der Waals surface area (Å²) >= 11 is 3.66. The van der Waals surface area contributed by atoms with Crippen LogP contribution in [-0.4, -0.2) is 26.4 Å². The number of rotatable bonds is 8. The van der Waals surface area contributed by atoms with Crippen molar-refractivity contribution in [3.63, 3.8) is 0 Å². The Morgan fingerprint density at radius 1 is 1.20 bits per heavy atom. The molecule has 1 heterocycles. The van der Waals surface area contributed by atoms with Crippen LogP contribution < -0.4 is 10.1 Å². The second-order valence-electron chi connectivity index (χ2n) is 6.91. The predicted octanol–water partition coefficient (Wildman–Crippen LogP) is 5.39. The van der Waals surface area contributed by atoms with E-state index in [2.05, 4.69) is 50.2 Å². The van der Waals surface area contributed by atoms with E-state index in [1.165, 1.54) is 11.8 Å². The Balaban J connectivity index is 1.65. The average Bonchev–Trinajstić information content (AvgIpc) is 3.13. The summed E-state index contributed by atoms with van der Waals surface area (Å²) in [4.78, 5) is 12.5. The summed E-state index contributed by atoms with van der Waals surface area (Å²) in [5.74, 6) is 1.73. The first-order valence-electron chi connectivity index (χ1n) is 9.73. The number of nitrogens with one attached hydrogen (secondary N) is 1. The van der Waals surface area contributed by atoms with Gasteiger partial charge in [0.25, 0.3) is 0 Å². The Labute approximate surface area is 195 Å². The van der Waals surface area contributed by atoms with Gasteiger partial charge in [-0.05, 0) is 85.7 Å². The van der Waals surface area contributed by atoms with Gasteiger partial charge >= 0.3 is 0 Å². The molecule has 3 aromatic rings. The van der Waals surface area contributed by atoms with Crippen LogP contribution in [0.5, 0.6) is 5.75 Å². The Morgan fingerprint density at radius 2 is 1.87 bits per heavy atom. The van der Waals surface area contributed by atoms with Crippen LogP contribution in [0.2, 0.25) is 0 Å². The number of hydrogen-bond acceptors (Lipinski definition) is 5. The number of ether oxygens (including phenoxy) is 1. The van der Waals surface area contributed by atoms with Gasteiger partial charge in [-0.1, -0.05) is 30.0 Å². The van der Waals surface area contributed by atoms with E-state index in [9.17, 15) is 4.79 Å². The minimum atomic E-state index is -0.250. The molecule has 0 aliphatic carbocycles. The van der Waals surface area contributed by atoms with Crippen LogP contribution >= 0.6 is 34.4 Å². The molecule has 0 unspecified atom stereocenters. The second kappa shape index (κ2) is 10.3. The van der Waals surface area contributed by atoms with Crippen molar-refractivity contribution in [3.05, 3.63) is 63.0 Å². The summed E-state index contributed by atoms with van der Waals surface area (Å²) in [5, 5.41) is 12.3. The van der Waals surface area contributed by atoms with Crippen LogP contribution in [0.25, 0.3) is 0 Å². The number of carbonyl (C=O) groups is 1. The van der Waals surface area contributed by atoms with Gasteiger partial charge in [0.1, 0.15) is 5.75 Å². The lowest BCUT2D eigenvalue weighted by atomic mass is 10.1. The fraction of sp³-hybridized carbons (Fsp3) is 0.318.